The zero-order valence-electron chi connectivity index (χ0n) is 20.0. The molecule has 0 unspecified atom stereocenters. The van der Waals surface area contributed by atoms with Crippen molar-refractivity contribution in [3.05, 3.63) is 87.3 Å². The number of aliphatic hydroxyl groups is 1. The maximum absolute atomic E-state index is 13.8. The van der Waals surface area contributed by atoms with Crippen LogP contribution < -0.4 is 14.9 Å². The van der Waals surface area contributed by atoms with E-state index >= 15 is 0 Å². The van der Waals surface area contributed by atoms with Crippen LogP contribution in [0.5, 0.6) is 17.2 Å². The Bertz CT molecular complexity index is 1430. The number of aromatic nitrogens is 1. The number of aliphatic hydroxyl groups excluding tert-OH is 1. The van der Waals surface area contributed by atoms with Gasteiger partial charge in [-0.3, -0.25) is 4.79 Å². The van der Waals surface area contributed by atoms with E-state index in [0.717, 1.165) is 11.1 Å². The van der Waals surface area contributed by atoms with E-state index in [1.807, 2.05) is 25.1 Å². The van der Waals surface area contributed by atoms with Crippen molar-refractivity contribution >= 4 is 10.9 Å². The molecule has 0 radical (unpaired) electrons. The maximum atomic E-state index is 13.8. The number of halogens is 1. The van der Waals surface area contributed by atoms with Crippen LogP contribution in [0.4, 0.5) is 4.39 Å². The van der Waals surface area contributed by atoms with Gasteiger partial charge in [-0.2, -0.15) is 0 Å². The molecular weight excluding hydrogens is 433 g/mol. The highest BCUT2D eigenvalue weighted by Crippen LogP contribution is 2.42. The third-order valence-electron chi connectivity index (χ3n) is 5.93. The summed E-state index contributed by atoms with van der Waals surface area (Å²) in [6, 6.07) is 15.2. The van der Waals surface area contributed by atoms with Gasteiger partial charge in [0.25, 0.3) is 0 Å². The number of H-pyrrole nitrogens is 1. The molecule has 2 N–H and O–H groups in total. The Labute approximate surface area is 197 Å². The highest BCUT2D eigenvalue weighted by Gasteiger charge is 2.24. The van der Waals surface area contributed by atoms with Crippen molar-refractivity contribution in [1.29, 1.82) is 0 Å². The first-order valence-electron chi connectivity index (χ1n) is 11.1. The molecular formula is C28H28FNO4. The number of fused-ring (bicyclic) bond motifs is 1. The summed E-state index contributed by atoms with van der Waals surface area (Å²) < 4.78 is 25.4. The van der Waals surface area contributed by atoms with Crippen molar-refractivity contribution in [2.24, 2.45) is 0 Å². The Morgan fingerprint density at radius 3 is 2.41 bits per heavy atom. The number of nitrogens with one attached hydrogen (secondary N) is 1. The smallest absolute Gasteiger partial charge is 0.195 e. The number of hydrogen-bond acceptors (Lipinski definition) is 4. The van der Waals surface area contributed by atoms with E-state index in [-0.39, 0.29) is 22.2 Å². The summed E-state index contributed by atoms with van der Waals surface area (Å²) in [7, 11) is 1.45. The van der Waals surface area contributed by atoms with Crippen molar-refractivity contribution in [3.63, 3.8) is 0 Å². The monoisotopic (exact) mass is 461 g/mol. The molecule has 176 valence electrons. The fraction of sp³-hybridized carbons (Fsp3) is 0.250. The number of hydrogen-bond donors (Lipinski definition) is 2. The van der Waals surface area contributed by atoms with Crippen LogP contribution in [0.25, 0.3) is 22.2 Å². The lowest BCUT2D eigenvalue weighted by Crippen LogP contribution is -2.15. The van der Waals surface area contributed by atoms with Crippen LogP contribution >= 0.6 is 0 Å². The normalized spacial score (nSPS) is 11.6. The average molecular weight is 462 g/mol. The third kappa shape index (κ3) is 4.29. The van der Waals surface area contributed by atoms with Gasteiger partial charge in [0.15, 0.2) is 16.9 Å². The highest BCUT2D eigenvalue weighted by atomic mass is 19.1. The average Bonchev–Trinajstić information content (AvgIpc) is 2.79. The number of rotatable bonds is 5. The Balaban J connectivity index is 2.03. The van der Waals surface area contributed by atoms with E-state index in [4.69, 9.17) is 9.47 Å². The molecule has 1 aromatic heterocycles. The van der Waals surface area contributed by atoms with Crippen LogP contribution in [-0.2, 0) is 12.0 Å². The number of methoxy groups -OCH3 is 1. The molecule has 0 aliphatic carbocycles. The van der Waals surface area contributed by atoms with Crippen molar-refractivity contribution in [1.82, 2.24) is 4.98 Å². The van der Waals surface area contributed by atoms with E-state index in [9.17, 15) is 14.3 Å². The summed E-state index contributed by atoms with van der Waals surface area (Å²) in [5, 5.41) is 10.7. The Kier molecular flexibility index (Phi) is 6.19. The minimum Gasteiger partial charge on any atom is -0.493 e. The second-order valence-corrected chi connectivity index (χ2v) is 9.32. The van der Waals surface area contributed by atoms with Crippen molar-refractivity contribution < 1.29 is 19.0 Å². The number of benzene rings is 3. The van der Waals surface area contributed by atoms with Gasteiger partial charge in [-0.1, -0.05) is 39.0 Å². The number of pyridine rings is 1. The van der Waals surface area contributed by atoms with Crippen LogP contribution in [0, 0.1) is 12.7 Å². The van der Waals surface area contributed by atoms with Crippen molar-refractivity contribution in [2.45, 2.75) is 39.7 Å². The first-order chi connectivity index (χ1) is 16.1. The van der Waals surface area contributed by atoms with Gasteiger partial charge in [0, 0.05) is 28.1 Å². The number of ether oxygens (including phenoxy) is 2. The summed E-state index contributed by atoms with van der Waals surface area (Å²) in [6.45, 7) is 7.80. The predicted molar refractivity (Wildman–Crippen MR) is 132 cm³/mol. The van der Waals surface area contributed by atoms with Gasteiger partial charge >= 0.3 is 0 Å². The number of aryl methyl sites for hydroxylation is 1. The van der Waals surface area contributed by atoms with E-state index in [1.54, 1.807) is 12.1 Å². The van der Waals surface area contributed by atoms with Gasteiger partial charge in [0.1, 0.15) is 11.6 Å². The molecule has 1 heterocycles. The predicted octanol–water partition coefficient (Wildman–Crippen LogP) is 6.23. The lowest BCUT2D eigenvalue weighted by atomic mass is 9.84. The minimum absolute atomic E-state index is 0.176. The molecule has 0 bridgehead atoms. The summed E-state index contributed by atoms with van der Waals surface area (Å²) >= 11 is 0. The molecule has 0 saturated carbocycles. The molecule has 5 nitrogen and oxygen atoms in total. The van der Waals surface area contributed by atoms with Gasteiger partial charge in [0.2, 0.25) is 0 Å². The quantitative estimate of drug-likeness (QED) is 0.369. The molecule has 34 heavy (non-hydrogen) atoms. The Morgan fingerprint density at radius 2 is 1.74 bits per heavy atom. The summed E-state index contributed by atoms with van der Waals surface area (Å²) in [4.78, 5) is 16.6. The molecule has 0 fully saturated rings. The fourth-order valence-electron chi connectivity index (χ4n) is 4.07. The largest absolute Gasteiger partial charge is 0.493 e. The van der Waals surface area contributed by atoms with Gasteiger partial charge in [-0.15, -0.1) is 0 Å². The Morgan fingerprint density at radius 1 is 1.00 bits per heavy atom. The zero-order valence-corrected chi connectivity index (χ0v) is 20.0. The maximum Gasteiger partial charge on any atom is 0.195 e. The summed E-state index contributed by atoms with van der Waals surface area (Å²) in [5.74, 6) is 0.615. The molecule has 4 aromatic rings. The van der Waals surface area contributed by atoms with Gasteiger partial charge < -0.3 is 19.6 Å². The number of aromatic amines is 1. The van der Waals surface area contributed by atoms with E-state index in [0.29, 0.717) is 33.7 Å². The van der Waals surface area contributed by atoms with Crippen molar-refractivity contribution in [3.8, 4) is 28.5 Å². The lowest BCUT2D eigenvalue weighted by molar-refractivity contribution is 0.281. The molecule has 0 spiro atoms. The number of para-hydroxylation sites is 1. The van der Waals surface area contributed by atoms with Crippen LogP contribution in [0.2, 0.25) is 0 Å². The highest BCUT2D eigenvalue weighted by molar-refractivity contribution is 5.85. The van der Waals surface area contributed by atoms with Crippen LogP contribution in [0.1, 0.15) is 37.5 Å². The standard InChI is InChI=1S/C28H28FNO4/c1-16-12-17(28(2,3)4)13-24(34-22-11-10-18(29)14-23(22)33-5)25(16)26-20(15-31)27(32)19-8-6-7-9-21(19)30-26/h6-14,31H,15H2,1-5H3,(H,30,32). The molecule has 0 amide bonds. The van der Waals surface area contributed by atoms with Gasteiger partial charge in [-0.05, 0) is 53.8 Å². The lowest BCUT2D eigenvalue weighted by Gasteiger charge is -2.24. The van der Waals surface area contributed by atoms with E-state index in [1.165, 1.54) is 25.3 Å². The van der Waals surface area contributed by atoms with Gasteiger partial charge in [0.05, 0.1) is 19.4 Å². The SMILES string of the molecule is COc1cc(F)ccc1Oc1cc(C(C)(C)C)cc(C)c1-c1[nH]c2ccccc2c(=O)c1CO. The minimum atomic E-state index is -0.439. The molecule has 0 aliphatic heterocycles. The van der Waals surface area contributed by atoms with Crippen LogP contribution in [0.15, 0.2) is 59.4 Å². The third-order valence-corrected chi connectivity index (χ3v) is 5.93. The molecule has 0 saturated heterocycles. The van der Waals surface area contributed by atoms with E-state index in [2.05, 4.69) is 31.8 Å². The van der Waals surface area contributed by atoms with E-state index < -0.39 is 12.4 Å². The molecule has 0 atom stereocenters. The molecule has 4 rings (SSSR count). The van der Waals surface area contributed by atoms with Crippen molar-refractivity contribution in [2.75, 3.05) is 7.11 Å². The second kappa shape index (κ2) is 8.95. The Hall–Kier alpha value is -3.64. The summed E-state index contributed by atoms with van der Waals surface area (Å²) in [6.07, 6.45) is 0. The first kappa shape index (κ1) is 23.5. The van der Waals surface area contributed by atoms with Gasteiger partial charge in [-0.25, -0.2) is 4.39 Å². The zero-order chi connectivity index (χ0) is 24.6. The molecule has 6 heteroatoms. The van der Waals surface area contributed by atoms with Crippen LogP contribution in [0.3, 0.4) is 0 Å². The fourth-order valence-corrected chi connectivity index (χ4v) is 4.07. The second-order valence-electron chi connectivity index (χ2n) is 9.32. The topological polar surface area (TPSA) is 71.5 Å². The summed E-state index contributed by atoms with van der Waals surface area (Å²) in [5.41, 5.74) is 3.52. The molecule has 0 aliphatic rings. The first-order valence-corrected chi connectivity index (χ1v) is 11.1. The molecule has 3 aromatic carbocycles. The van der Waals surface area contributed by atoms with Crippen LogP contribution in [-0.4, -0.2) is 17.2 Å².